The number of hydrogen-bond donors (Lipinski definition) is 1. The molecule has 1 rings (SSSR count). The fourth-order valence-corrected chi connectivity index (χ4v) is 1.64. The van der Waals surface area contributed by atoms with E-state index in [9.17, 15) is 14.3 Å². The maximum atomic E-state index is 11.4. The first-order valence-electron chi connectivity index (χ1n) is 4.66. The molecule has 0 saturated heterocycles. The van der Waals surface area contributed by atoms with E-state index in [0.29, 0.717) is 0 Å². The molecule has 1 unspecified atom stereocenters. The van der Waals surface area contributed by atoms with Crippen LogP contribution in [0.5, 0.6) is 5.75 Å². The third-order valence-corrected chi connectivity index (χ3v) is 2.87. The van der Waals surface area contributed by atoms with Crippen molar-refractivity contribution in [2.75, 3.05) is 14.2 Å². The first kappa shape index (κ1) is 13.7. The smallest absolute Gasteiger partial charge is 0.465 e. The second-order valence-corrected chi connectivity index (χ2v) is 4.72. The minimum atomic E-state index is -4.20. The highest BCUT2D eigenvalue weighted by atomic mass is 31.2. The summed E-state index contributed by atoms with van der Waals surface area (Å²) in [6.07, 6.45) is 0. The fourth-order valence-electron chi connectivity index (χ4n) is 1.15. The first-order chi connectivity index (χ1) is 7.89. The molecule has 1 atom stereocenters. The quantitative estimate of drug-likeness (QED) is 0.657. The van der Waals surface area contributed by atoms with Gasteiger partial charge in [0.25, 0.3) is 0 Å². The maximum Gasteiger partial charge on any atom is 0.527 e. The van der Waals surface area contributed by atoms with Gasteiger partial charge in [0.15, 0.2) is 0 Å². The van der Waals surface area contributed by atoms with Crippen molar-refractivity contribution in [3.8, 4) is 5.75 Å². The van der Waals surface area contributed by atoms with Gasteiger partial charge in [-0.05, 0) is 19.1 Å². The van der Waals surface area contributed by atoms with Crippen molar-refractivity contribution >= 4 is 13.8 Å². The molecule has 0 bridgehead atoms. The molecule has 0 heterocycles. The van der Waals surface area contributed by atoms with Crippen molar-refractivity contribution < 1.29 is 28.0 Å². The van der Waals surface area contributed by atoms with E-state index in [0.717, 1.165) is 12.7 Å². The number of benzene rings is 1. The lowest BCUT2D eigenvalue weighted by Crippen LogP contribution is -2.05. The van der Waals surface area contributed by atoms with Crippen molar-refractivity contribution in [1.82, 2.24) is 0 Å². The van der Waals surface area contributed by atoms with Crippen LogP contribution < -0.4 is 4.52 Å². The van der Waals surface area contributed by atoms with Gasteiger partial charge in [0.2, 0.25) is 0 Å². The molecule has 0 saturated carbocycles. The Hall–Kier alpha value is -1.36. The first-order valence-corrected chi connectivity index (χ1v) is 6.16. The second-order valence-electron chi connectivity index (χ2n) is 3.23. The van der Waals surface area contributed by atoms with E-state index >= 15 is 0 Å². The highest BCUT2D eigenvalue weighted by Crippen LogP contribution is 2.43. The summed E-state index contributed by atoms with van der Waals surface area (Å²) in [6.45, 7) is 1.77. The summed E-state index contributed by atoms with van der Waals surface area (Å²) in [4.78, 5) is 20.6. The van der Waals surface area contributed by atoms with Gasteiger partial charge in [0.05, 0.1) is 7.11 Å². The predicted octanol–water partition coefficient (Wildman–Crippen LogP) is 1.91. The van der Waals surface area contributed by atoms with Crippen molar-refractivity contribution in [2.45, 2.75) is 6.92 Å². The molecule has 0 aliphatic rings. The molecule has 1 N–H and O–H groups in total. The van der Waals surface area contributed by atoms with Crippen LogP contribution in [0.1, 0.15) is 15.9 Å². The summed E-state index contributed by atoms with van der Waals surface area (Å²) in [5.41, 5.74) is 0.863. The number of ether oxygens (including phenoxy) is 1. The normalized spacial score (nSPS) is 13.9. The molecule has 0 radical (unpaired) electrons. The number of esters is 1. The molecule has 0 aliphatic carbocycles. The Kier molecular flexibility index (Phi) is 4.28. The number of carbonyl (C=O) groups is 1. The van der Waals surface area contributed by atoms with Gasteiger partial charge >= 0.3 is 13.8 Å². The van der Waals surface area contributed by atoms with E-state index in [-0.39, 0.29) is 11.3 Å². The maximum absolute atomic E-state index is 11.4. The van der Waals surface area contributed by atoms with Crippen LogP contribution in [0.25, 0.3) is 0 Å². The summed E-state index contributed by atoms with van der Waals surface area (Å²) < 4.78 is 24.8. The van der Waals surface area contributed by atoms with Gasteiger partial charge < -0.3 is 9.26 Å². The highest BCUT2D eigenvalue weighted by Gasteiger charge is 2.24. The van der Waals surface area contributed by atoms with Crippen LogP contribution in [0.3, 0.4) is 0 Å². The lowest BCUT2D eigenvalue weighted by Gasteiger charge is -2.13. The summed E-state index contributed by atoms with van der Waals surface area (Å²) in [7, 11) is -1.95. The molecule has 0 spiro atoms. The summed E-state index contributed by atoms with van der Waals surface area (Å²) in [5.74, 6) is -0.713. The van der Waals surface area contributed by atoms with Gasteiger partial charge in [-0.2, -0.15) is 0 Å². The van der Waals surface area contributed by atoms with Crippen LogP contribution in [0.4, 0.5) is 0 Å². The zero-order chi connectivity index (χ0) is 13.1. The topological polar surface area (TPSA) is 82.1 Å². The molecule has 1 aromatic carbocycles. The van der Waals surface area contributed by atoms with Crippen LogP contribution in [-0.2, 0) is 13.8 Å². The number of phosphoric ester groups is 1. The predicted molar refractivity (Wildman–Crippen MR) is 60.0 cm³/mol. The number of aryl methyl sites for hydroxylation is 1. The molecule has 6 nitrogen and oxygen atoms in total. The van der Waals surface area contributed by atoms with E-state index in [1.807, 2.05) is 0 Å². The molecule has 0 aliphatic heterocycles. The van der Waals surface area contributed by atoms with Crippen LogP contribution in [0, 0.1) is 6.92 Å². The Labute approximate surface area is 98.7 Å². The number of phosphoric acid groups is 1. The molecule has 0 amide bonds. The molecule has 0 fully saturated rings. The number of carbonyl (C=O) groups excluding carboxylic acids is 1. The summed E-state index contributed by atoms with van der Waals surface area (Å²) in [6, 6.07) is 4.54. The molecule has 1 aromatic rings. The van der Waals surface area contributed by atoms with Crippen molar-refractivity contribution in [3.05, 3.63) is 29.3 Å². The Morgan fingerprint density at radius 1 is 1.35 bits per heavy atom. The van der Waals surface area contributed by atoms with Gasteiger partial charge in [-0.1, -0.05) is 11.6 Å². The average molecular weight is 260 g/mol. The molecule has 0 aromatic heterocycles. The summed E-state index contributed by atoms with van der Waals surface area (Å²) in [5, 5.41) is 0. The van der Waals surface area contributed by atoms with E-state index in [1.54, 1.807) is 13.0 Å². The van der Waals surface area contributed by atoms with E-state index < -0.39 is 13.8 Å². The van der Waals surface area contributed by atoms with Crippen LogP contribution in [-0.4, -0.2) is 25.1 Å². The monoisotopic (exact) mass is 260 g/mol. The number of hydrogen-bond acceptors (Lipinski definition) is 5. The van der Waals surface area contributed by atoms with Crippen LogP contribution >= 0.6 is 7.82 Å². The van der Waals surface area contributed by atoms with Crippen LogP contribution in [0.15, 0.2) is 18.2 Å². The average Bonchev–Trinajstić information content (AvgIpc) is 2.30. The van der Waals surface area contributed by atoms with Crippen LogP contribution in [0.2, 0.25) is 0 Å². The lowest BCUT2D eigenvalue weighted by molar-refractivity contribution is 0.0598. The molecule has 7 heteroatoms. The Morgan fingerprint density at radius 3 is 2.53 bits per heavy atom. The minimum absolute atomic E-state index is 0.0601. The zero-order valence-corrected chi connectivity index (χ0v) is 10.6. The second kappa shape index (κ2) is 5.31. The van der Waals surface area contributed by atoms with Crippen molar-refractivity contribution in [1.29, 1.82) is 0 Å². The largest absolute Gasteiger partial charge is 0.527 e. The highest BCUT2D eigenvalue weighted by molar-refractivity contribution is 7.47. The van der Waals surface area contributed by atoms with E-state index in [1.165, 1.54) is 19.2 Å². The molecule has 17 heavy (non-hydrogen) atoms. The SMILES string of the molecule is COC(=O)c1cc(C)ccc1OP(=O)(O)OC. The summed E-state index contributed by atoms with van der Waals surface area (Å²) >= 11 is 0. The third kappa shape index (κ3) is 3.56. The van der Waals surface area contributed by atoms with Gasteiger partial charge in [0.1, 0.15) is 11.3 Å². The van der Waals surface area contributed by atoms with Gasteiger partial charge in [-0.25, -0.2) is 9.36 Å². The zero-order valence-electron chi connectivity index (χ0n) is 9.67. The van der Waals surface area contributed by atoms with Gasteiger partial charge in [0, 0.05) is 7.11 Å². The molecule has 94 valence electrons. The fraction of sp³-hybridized carbons (Fsp3) is 0.300. The Bertz CT molecular complexity index is 470. The van der Waals surface area contributed by atoms with E-state index in [2.05, 4.69) is 9.26 Å². The number of rotatable bonds is 4. The lowest BCUT2D eigenvalue weighted by atomic mass is 10.1. The van der Waals surface area contributed by atoms with E-state index in [4.69, 9.17) is 4.52 Å². The Morgan fingerprint density at radius 2 is 2.00 bits per heavy atom. The van der Waals surface area contributed by atoms with Gasteiger partial charge in [-0.15, -0.1) is 0 Å². The minimum Gasteiger partial charge on any atom is -0.465 e. The Balaban J connectivity index is 3.15. The molecular weight excluding hydrogens is 247 g/mol. The van der Waals surface area contributed by atoms with Crippen molar-refractivity contribution in [3.63, 3.8) is 0 Å². The number of methoxy groups -OCH3 is 1. The van der Waals surface area contributed by atoms with Crippen molar-refractivity contribution in [2.24, 2.45) is 0 Å². The standard InChI is InChI=1S/C10H13O6P/c1-7-4-5-9(16-17(12,13)15-3)8(6-7)10(11)14-2/h4-6H,1-3H3,(H,12,13). The third-order valence-electron chi connectivity index (χ3n) is 1.98. The van der Waals surface area contributed by atoms with Gasteiger partial charge in [-0.3, -0.25) is 9.42 Å². The molecular formula is C10H13O6P.